The van der Waals surface area contributed by atoms with E-state index in [0.29, 0.717) is 19.0 Å². The normalized spacial score (nSPS) is 11.0. The second-order valence-electron chi connectivity index (χ2n) is 5.26. The average molecular weight is 477 g/mol. The van der Waals surface area contributed by atoms with Crippen LogP contribution in [0.2, 0.25) is 0 Å². The first kappa shape index (κ1) is 21.7. The maximum atomic E-state index is 13.4. The summed E-state index contributed by atoms with van der Waals surface area (Å²) in [6.45, 7) is 1.01. The number of rotatable bonds is 6. The lowest BCUT2D eigenvalue weighted by Crippen LogP contribution is -2.36. The molecule has 0 unspecified atom stereocenters. The molecule has 2 aromatic rings. The average Bonchev–Trinajstić information content (AvgIpc) is 2.57. The van der Waals surface area contributed by atoms with Gasteiger partial charge in [-0.05, 0) is 47.2 Å². The zero-order valence-electron chi connectivity index (χ0n) is 14.2. The van der Waals surface area contributed by atoms with E-state index < -0.39 is 0 Å². The quantitative estimate of drug-likeness (QED) is 0.370. The van der Waals surface area contributed by atoms with E-state index in [0.717, 1.165) is 22.4 Å². The van der Waals surface area contributed by atoms with Gasteiger partial charge in [0, 0.05) is 25.9 Å². The Hall–Kier alpha value is -1.35. The predicted octanol–water partition coefficient (Wildman–Crippen LogP) is 4.31. The van der Waals surface area contributed by atoms with Crippen LogP contribution in [0.15, 0.2) is 47.5 Å². The minimum atomic E-state index is -0.259. The van der Waals surface area contributed by atoms with Crippen molar-refractivity contribution in [2.45, 2.75) is 18.8 Å². The predicted molar refractivity (Wildman–Crippen MR) is 112 cm³/mol. The first-order chi connectivity index (χ1) is 11.6. The molecule has 0 bridgehead atoms. The summed E-state index contributed by atoms with van der Waals surface area (Å²) in [6.07, 6.45) is 1.99. The maximum Gasteiger partial charge on any atom is 0.191 e. The van der Waals surface area contributed by atoms with Crippen molar-refractivity contribution < 1.29 is 8.78 Å². The molecule has 0 radical (unpaired) electrons. The topological polar surface area (TPSA) is 36.4 Å². The van der Waals surface area contributed by atoms with Gasteiger partial charge in [0.1, 0.15) is 11.6 Å². The van der Waals surface area contributed by atoms with Gasteiger partial charge in [-0.15, -0.1) is 24.0 Å². The molecule has 2 aromatic carbocycles. The highest BCUT2D eigenvalue weighted by atomic mass is 127. The second-order valence-corrected chi connectivity index (χ2v) is 6.12. The maximum absolute atomic E-state index is 13.4. The molecule has 2 rings (SSSR count). The van der Waals surface area contributed by atoms with Crippen molar-refractivity contribution in [3.63, 3.8) is 0 Å². The third-order valence-electron chi connectivity index (χ3n) is 3.49. The van der Waals surface area contributed by atoms with Crippen LogP contribution in [0.1, 0.15) is 16.7 Å². The minimum absolute atomic E-state index is 0. The molecule has 0 aliphatic carbocycles. The van der Waals surface area contributed by atoms with E-state index in [1.807, 2.05) is 12.3 Å². The number of halogens is 3. The molecular weight excluding hydrogens is 455 g/mol. The van der Waals surface area contributed by atoms with Crippen LogP contribution < -0.4 is 10.6 Å². The van der Waals surface area contributed by atoms with Gasteiger partial charge in [0.2, 0.25) is 0 Å². The molecular formula is C18H22F2IN3S. The number of aliphatic imine (C=N–C) groups is 1. The molecule has 0 aliphatic rings. The molecule has 136 valence electrons. The van der Waals surface area contributed by atoms with Gasteiger partial charge < -0.3 is 10.6 Å². The lowest BCUT2D eigenvalue weighted by atomic mass is 10.1. The number of guanidine groups is 1. The van der Waals surface area contributed by atoms with Crippen LogP contribution in [0, 0.1) is 11.6 Å². The zero-order valence-corrected chi connectivity index (χ0v) is 17.3. The smallest absolute Gasteiger partial charge is 0.191 e. The van der Waals surface area contributed by atoms with Gasteiger partial charge in [-0.25, -0.2) is 8.78 Å². The molecule has 0 saturated carbocycles. The van der Waals surface area contributed by atoms with E-state index in [9.17, 15) is 8.78 Å². The number of benzene rings is 2. The van der Waals surface area contributed by atoms with Crippen LogP contribution in [-0.2, 0) is 18.8 Å². The fourth-order valence-electron chi connectivity index (χ4n) is 2.29. The first-order valence-corrected chi connectivity index (χ1v) is 8.97. The Bertz CT molecular complexity index is 710. The number of hydrogen-bond donors (Lipinski definition) is 2. The van der Waals surface area contributed by atoms with Crippen LogP contribution in [0.4, 0.5) is 8.78 Å². The molecule has 0 atom stereocenters. The van der Waals surface area contributed by atoms with Crippen molar-refractivity contribution in [1.82, 2.24) is 10.6 Å². The van der Waals surface area contributed by atoms with E-state index in [1.165, 1.54) is 18.2 Å². The number of thioether (sulfide) groups is 1. The second kappa shape index (κ2) is 11.3. The fourth-order valence-corrected chi connectivity index (χ4v) is 2.87. The van der Waals surface area contributed by atoms with Crippen LogP contribution in [0.5, 0.6) is 0 Å². The third kappa shape index (κ3) is 7.19. The first-order valence-electron chi connectivity index (χ1n) is 7.57. The Balaban J connectivity index is 0.00000312. The monoisotopic (exact) mass is 477 g/mol. The highest BCUT2D eigenvalue weighted by Gasteiger charge is 2.06. The van der Waals surface area contributed by atoms with Crippen LogP contribution >= 0.6 is 35.7 Å². The highest BCUT2D eigenvalue weighted by molar-refractivity contribution is 14.0. The van der Waals surface area contributed by atoms with Crippen LogP contribution in [0.25, 0.3) is 0 Å². The summed E-state index contributed by atoms with van der Waals surface area (Å²) in [4.78, 5) is 4.16. The fraction of sp³-hybridized carbons (Fsp3) is 0.278. The Morgan fingerprint density at radius 2 is 1.72 bits per heavy atom. The summed E-state index contributed by atoms with van der Waals surface area (Å²) in [7, 11) is 1.67. The summed E-state index contributed by atoms with van der Waals surface area (Å²) < 4.78 is 26.6. The van der Waals surface area contributed by atoms with E-state index in [4.69, 9.17) is 0 Å². The van der Waals surface area contributed by atoms with E-state index >= 15 is 0 Å². The molecule has 7 heteroatoms. The van der Waals surface area contributed by atoms with Crippen molar-refractivity contribution in [3.8, 4) is 0 Å². The van der Waals surface area contributed by atoms with Gasteiger partial charge in [0.05, 0.1) is 0 Å². The summed E-state index contributed by atoms with van der Waals surface area (Å²) in [5.41, 5.74) is 2.83. The molecule has 0 heterocycles. The summed E-state index contributed by atoms with van der Waals surface area (Å²) in [5.74, 6) is 0.879. The largest absolute Gasteiger partial charge is 0.352 e. The zero-order chi connectivity index (χ0) is 17.4. The standard InChI is InChI=1S/C18H21F2N3S.HI/c1-21-18(22-10-13-4-3-5-16(19)8-13)23-11-14-6-7-17(20)9-15(14)12-24-2;/h3-9H,10-12H2,1-2H3,(H2,21,22,23);1H. The van der Waals surface area contributed by atoms with Crippen LogP contribution in [-0.4, -0.2) is 19.3 Å². The Morgan fingerprint density at radius 1 is 1.00 bits per heavy atom. The molecule has 0 fully saturated rings. The molecule has 2 N–H and O–H groups in total. The molecule has 3 nitrogen and oxygen atoms in total. The van der Waals surface area contributed by atoms with Crippen molar-refractivity contribution >= 4 is 41.7 Å². The van der Waals surface area contributed by atoms with Crippen molar-refractivity contribution in [1.29, 1.82) is 0 Å². The van der Waals surface area contributed by atoms with E-state index in [2.05, 4.69) is 15.6 Å². The highest BCUT2D eigenvalue weighted by Crippen LogP contribution is 2.16. The van der Waals surface area contributed by atoms with E-state index in [1.54, 1.807) is 37.0 Å². The third-order valence-corrected chi connectivity index (χ3v) is 4.09. The lowest BCUT2D eigenvalue weighted by Gasteiger charge is -2.14. The molecule has 0 saturated heterocycles. The minimum Gasteiger partial charge on any atom is -0.352 e. The van der Waals surface area contributed by atoms with Crippen molar-refractivity contribution in [2.75, 3.05) is 13.3 Å². The Morgan fingerprint density at radius 3 is 2.40 bits per heavy atom. The lowest BCUT2D eigenvalue weighted by molar-refractivity contribution is 0.623. The van der Waals surface area contributed by atoms with Gasteiger partial charge in [-0.1, -0.05) is 18.2 Å². The van der Waals surface area contributed by atoms with Crippen LogP contribution in [0.3, 0.4) is 0 Å². The van der Waals surface area contributed by atoms with E-state index in [-0.39, 0.29) is 35.6 Å². The summed E-state index contributed by atoms with van der Waals surface area (Å²) in [6, 6.07) is 11.2. The van der Waals surface area contributed by atoms with Crippen molar-refractivity contribution in [3.05, 3.63) is 70.8 Å². The molecule has 0 aromatic heterocycles. The summed E-state index contributed by atoms with van der Waals surface area (Å²) in [5, 5.41) is 6.34. The van der Waals surface area contributed by atoms with Gasteiger partial charge in [-0.2, -0.15) is 11.8 Å². The molecule has 25 heavy (non-hydrogen) atoms. The molecule has 0 aliphatic heterocycles. The Kier molecular flexibility index (Phi) is 9.81. The Labute approximate surface area is 168 Å². The number of nitrogens with one attached hydrogen (secondary N) is 2. The van der Waals surface area contributed by atoms with Gasteiger partial charge >= 0.3 is 0 Å². The molecule has 0 amide bonds. The summed E-state index contributed by atoms with van der Waals surface area (Å²) >= 11 is 1.65. The van der Waals surface area contributed by atoms with Gasteiger partial charge in [0.15, 0.2) is 5.96 Å². The van der Waals surface area contributed by atoms with Crippen molar-refractivity contribution in [2.24, 2.45) is 4.99 Å². The molecule has 0 spiro atoms. The number of hydrogen-bond acceptors (Lipinski definition) is 2. The van der Waals surface area contributed by atoms with Gasteiger partial charge in [0.25, 0.3) is 0 Å². The van der Waals surface area contributed by atoms with Gasteiger partial charge in [-0.3, -0.25) is 4.99 Å². The SMILES string of the molecule is CN=C(NCc1cccc(F)c1)NCc1ccc(F)cc1CSC.I. The number of nitrogens with zero attached hydrogens (tertiary/aromatic N) is 1.